The van der Waals surface area contributed by atoms with Gasteiger partial charge in [-0.15, -0.1) is 0 Å². The summed E-state index contributed by atoms with van der Waals surface area (Å²) in [5, 5.41) is 1.08. The molecule has 0 aliphatic carbocycles. The fourth-order valence-electron chi connectivity index (χ4n) is 3.41. The van der Waals surface area contributed by atoms with Crippen LogP contribution in [0.5, 0.6) is 0 Å². The molecule has 0 aliphatic heterocycles. The predicted octanol–water partition coefficient (Wildman–Crippen LogP) is 5.96. The highest BCUT2D eigenvalue weighted by molar-refractivity contribution is 6.04. The normalized spacial score (nSPS) is 10.9. The number of Topliss-reactive ketones (excluding diaryl/α,β-unsaturated/α-hetero) is 1. The van der Waals surface area contributed by atoms with Crippen molar-refractivity contribution in [2.24, 2.45) is 0 Å². The van der Waals surface area contributed by atoms with E-state index in [9.17, 15) is 9.59 Å². The zero-order chi connectivity index (χ0) is 22.3. The van der Waals surface area contributed by atoms with Gasteiger partial charge in [-0.25, -0.2) is 0 Å². The van der Waals surface area contributed by atoms with Crippen LogP contribution in [0.15, 0.2) is 12.1 Å². The molecule has 0 unspecified atom stereocenters. The number of nitrogens with one attached hydrogen (secondary N) is 1. The van der Waals surface area contributed by atoms with Crippen molar-refractivity contribution in [3.05, 3.63) is 23.4 Å². The first-order valence-corrected chi connectivity index (χ1v) is 10.9. The second kappa shape index (κ2) is 11.0. The lowest BCUT2D eigenvalue weighted by atomic mass is 10.0. The number of amides is 1. The number of carbonyl (C=O) groups is 2. The summed E-state index contributed by atoms with van der Waals surface area (Å²) >= 11 is 0. The van der Waals surface area contributed by atoms with Crippen molar-refractivity contribution in [3.8, 4) is 0 Å². The van der Waals surface area contributed by atoms with Crippen LogP contribution in [0.1, 0.15) is 84.3 Å². The number of aromatic nitrogens is 1. The van der Waals surface area contributed by atoms with Gasteiger partial charge in [0, 0.05) is 37.0 Å². The maximum absolute atomic E-state index is 12.2. The summed E-state index contributed by atoms with van der Waals surface area (Å²) < 4.78 is 0. The molecule has 1 aromatic carbocycles. The molecule has 5 heteroatoms. The van der Waals surface area contributed by atoms with Gasteiger partial charge in [-0.1, -0.05) is 27.2 Å². The molecule has 0 atom stereocenters. The van der Waals surface area contributed by atoms with E-state index in [1.54, 1.807) is 11.8 Å². The largest absolute Gasteiger partial charge is 0.370 e. The number of hydrogen-bond acceptors (Lipinski definition) is 3. The minimum absolute atomic E-state index is 0.0427. The molecule has 0 fully saturated rings. The third-order valence-electron chi connectivity index (χ3n) is 5.24. The topological polar surface area (TPSA) is 56.4 Å². The van der Waals surface area contributed by atoms with Gasteiger partial charge < -0.3 is 14.8 Å². The van der Waals surface area contributed by atoms with E-state index in [0.717, 1.165) is 53.5 Å². The summed E-state index contributed by atoms with van der Waals surface area (Å²) in [6.07, 6.45) is 3.87. The zero-order valence-corrected chi connectivity index (χ0v) is 19.7. The second-order valence-corrected chi connectivity index (χ2v) is 7.84. The quantitative estimate of drug-likeness (QED) is 0.417. The van der Waals surface area contributed by atoms with E-state index in [-0.39, 0.29) is 17.9 Å². The van der Waals surface area contributed by atoms with Crippen molar-refractivity contribution < 1.29 is 9.59 Å². The van der Waals surface area contributed by atoms with Gasteiger partial charge in [-0.3, -0.25) is 9.59 Å². The Kier molecular flexibility index (Phi) is 9.41. The Morgan fingerprint density at radius 3 is 2.17 bits per heavy atom. The molecule has 0 saturated carbocycles. The van der Waals surface area contributed by atoms with Crippen molar-refractivity contribution in [3.63, 3.8) is 0 Å². The molecule has 0 radical (unpaired) electrons. The molecule has 5 nitrogen and oxygen atoms in total. The first-order chi connectivity index (χ1) is 13.7. The number of aromatic amines is 1. The van der Waals surface area contributed by atoms with Gasteiger partial charge in [0.05, 0.1) is 17.1 Å². The smallest absolute Gasteiger partial charge is 0.214 e. The standard InChI is InChI=1S/C22H33N3O2.C2H6/c1-8-9-10-17-18-11-20(24(7)14(2)3)21(25(13-26)15(4)5)12-19(18)23-22(17)16(6)27;1-2/h11-15,23H,8-10H2,1-7H3;1-2H3. The molecule has 1 N–H and O–H groups in total. The van der Waals surface area contributed by atoms with E-state index in [1.165, 1.54) is 0 Å². The molecule has 0 bridgehead atoms. The minimum Gasteiger partial charge on any atom is -0.370 e. The van der Waals surface area contributed by atoms with Gasteiger partial charge in [-0.2, -0.15) is 0 Å². The highest BCUT2D eigenvalue weighted by Crippen LogP contribution is 2.37. The van der Waals surface area contributed by atoms with Crippen molar-refractivity contribution in [2.75, 3.05) is 16.8 Å². The van der Waals surface area contributed by atoms with Crippen LogP contribution in [0.3, 0.4) is 0 Å². The van der Waals surface area contributed by atoms with E-state index in [4.69, 9.17) is 0 Å². The van der Waals surface area contributed by atoms with Crippen LogP contribution in [0, 0.1) is 0 Å². The maximum atomic E-state index is 12.2. The number of hydrogen-bond donors (Lipinski definition) is 1. The zero-order valence-electron chi connectivity index (χ0n) is 19.7. The van der Waals surface area contributed by atoms with Crippen LogP contribution in [-0.4, -0.2) is 36.3 Å². The average Bonchev–Trinajstić information content (AvgIpc) is 3.04. The van der Waals surface area contributed by atoms with Crippen LogP contribution in [-0.2, 0) is 11.2 Å². The molecule has 0 aliphatic rings. The Bertz CT molecular complexity index is 821. The maximum Gasteiger partial charge on any atom is 0.214 e. The van der Waals surface area contributed by atoms with Crippen molar-refractivity contribution >= 4 is 34.5 Å². The Morgan fingerprint density at radius 1 is 1.10 bits per heavy atom. The van der Waals surface area contributed by atoms with Crippen molar-refractivity contribution in [1.29, 1.82) is 0 Å². The molecule has 162 valence electrons. The number of unbranched alkanes of at least 4 members (excludes halogenated alkanes) is 1. The fourth-order valence-corrected chi connectivity index (χ4v) is 3.41. The number of rotatable bonds is 9. The number of ketones is 1. The van der Waals surface area contributed by atoms with Gasteiger partial charge in [0.25, 0.3) is 0 Å². The third-order valence-corrected chi connectivity index (χ3v) is 5.24. The van der Waals surface area contributed by atoms with Gasteiger partial charge in [-0.05, 0) is 58.2 Å². The Balaban J connectivity index is 0.00000204. The minimum atomic E-state index is 0.0427. The Hall–Kier alpha value is -2.30. The summed E-state index contributed by atoms with van der Waals surface area (Å²) in [5.41, 5.74) is 4.56. The van der Waals surface area contributed by atoms with E-state index in [0.29, 0.717) is 5.69 Å². The molecule has 0 spiro atoms. The fraction of sp³-hybridized carbons (Fsp3) is 0.583. The monoisotopic (exact) mass is 401 g/mol. The molecule has 1 aromatic heterocycles. The van der Waals surface area contributed by atoms with Crippen LogP contribution in [0.2, 0.25) is 0 Å². The highest BCUT2D eigenvalue weighted by Gasteiger charge is 2.22. The third kappa shape index (κ3) is 5.40. The highest BCUT2D eigenvalue weighted by atomic mass is 16.1. The van der Waals surface area contributed by atoms with E-state index in [1.807, 2.05) is 40.8 Å². The van der Waals surface area contributed by atoms with Gasteiger partial charge in [0.1, 0.15) is 0 Å². The molecular weight excluding hydrogens is 362 g/mol. The summed E-state index contributed by atoms with van der Waals surface area (Å²) in [6, 6.07) is 4.48. The number of aryl methyl sites for hydroxylation is 1. The lowest BCUT2D eigenvalue weighted by Crippen LogP contribution is -2.33. The Labute approximate surface area is 176 Å². The number of nitrogens with zero attached hydrogens (tertiary/aromatic N) is 2. The van der Waals surface area contributed by atoms with Crippen molar-refractivity contribution in [1.82, 2.24) is 4.98 Å². The molecule has 2 rings (SSSR count). The van der Waals surface area contributed by atoms with E-state index in [2.05, 4.69) is 36.7 Å². The van der Waals surface area contributed by atoms with Crippen LogP contribution < -0.4 is 9.80 Å². The predicted molar refractivity (Wildman–Crippen MR) is 125 cm³/mol. The summed E-state index contributed by atoms with van der Waals surface area (Å²) in [7, 11) is 2.04. The van der Waals surface area contributed by atoms with E-state index < -0.39 is 0 Å². The number of carbonyl (C=O) groups excluding carboxylic acids is 2. The number of benzene rings is 1. The van der Waals surface area contributed by atoms with Crippen molar-refractivity contribution in [2.45, 2.75) is 86.7 Å². The number of H-pyrrole nitrogens is 1. The Morgan fingerprint density at radius 2 is 1.72 bits per heavy atom. The summed E-state index contributed by atoms with van der Waals surface area (Å²) in [5.74, 6) is 0.0497. The molecule has 2 aromatic rings. The molecule has 1 amide bonds. The number of fused-ring (bicyclic) bond motifs is 1. The van der Waals surface area contributed by atoms with Gasteiger partial charge >= 0.3 is 0 Å². The lowest BCUT2D eigenvalue weighted by Gasteiger charge is -2.31. The molecule has 29 heavy (non-hydrogen) atoms. The van der Waals surface area contributed by atoms with Crippen LogP contribution in [0.4, 0.5) is 11.4 Å². The average molecular weight is 402 g/mol. The first kappa shape index (κ1) is 24.7. The lowest BCUT2D eigenvalue weighted by molar-refractivity contribution is -0.107. The molecule has 0 saturated heterocycles. The van der Waals surface area contributed by atoms with Gasteiger partial charge in [0.2, 0.25) is 6.41 Å². The number of anilines is 2. The second-order valence-electron chi connectivity index (χ2n) is 7.84. The summed E-state index contributed by atoms with van der Waals surface area (Å²) in [4.78, 5) is 31.2. The molecule has 1 heterocycles. The van der Waals surface area contributed by atoms with Gasteiger partial charge in [0.15, 0.2) is 5.78 Å². The summed E-state index contributed by atoms with van der Waals surface area (Å²) in [6.45, 7) is 16.0. The molecular formula is C24H39N3O2. The SMILES string of the molecule is CC.CCCCc1c(C(C)=O)[nH]c2cc(N(C=O)C(C)C)c(N(C)C(C)C)cc12. The van der Waals surface area contributed by atoms with Crippen LogP contribution >= 0.6 is 0 Å². The van der Waals surface area contributed by atoms with E-state index >= 15 is 0 Å². The first-order valence-electron chi connectivity index (χ1n) is 10.9. The van der Waals surface area contributed by atoms with Crippen LogP contribution in [0.25, 0.3) is 10.9 Å².